The fourth-order valence-electron chi connectivity index (χ4n) is 4.06. The highest BCUT2D eigenvalue weighted by molar-refractivity contribution is 7.07. The molecule has 2 aromatic rings. The summed E-state index contributed by atoms with van der Waals surface area (Å²) in [5.74, 6) is -0.0323. The highest BCUT2D eigenvalue weighted by Crippen LogP contribution is 2.48. The molecule has 0 aromatic carbocycles. The second-order valence-corrected chi connectivity index (χ2v) is 7.90. The number of carbonyl (C=O) groups excluding carboxylic acids is 1. The lowest BCUT2D eigenvalue weighted by molar-refractivity contribution is 0.0690. The maximum Gasteiger partial charge on any atom is 0.270 e. The Morgan fingerprint density at radius 2 is 2.33 bits per heavy atom. The van der Waals surface area contributed by atoms with Crippen molar-refractivity contribution >= 4 is 17.2 Å². The number of nitrogens with one attached hydrogen (secondary N) is 1. The Balaban J connectivity index is 1.29. The average Bonchev–Trinajstić information content (AvgIpc) is 3.19. The Kier molecular flexibility index (Phi) is 4.10. The molecule has 2 aromatic heterocycles. The maximum atomic E-state index is 12.1. The van der Waals surface area contributed by atoms with Gasteiger partial charge in [0.1, 0.15) is 5.69 Å². The van der Waals surface area contributed by atoms with Crippen LogP contribution in [0.5, 0.6) is 0 Å². The van der Waals surface area contributed by atoms with Crippen LogP contribution in [0.15, 0.2) is 29.2 Å². The summed E-state index contributed by atoms with van der Waals surface area (Å²) in [4.78, 5) is 23.2. The number of hydrogen-bond acceptors (Lipinski definition) is 5. The molecule has 1 amide bonds. The first-order valence-corrected chi connectivity index (χ1v) is 9.40. The predicted molar refractivity (Wildman–Crippen MR) is 93.9 cm³/mol. The van der Waals surface area contributed by atoms with Crippen molar-refractivity contribution in [2.24, 2.45) is 5.41 Å². The molecule has 1 spiro atoms. The molecule has 1 saturated carbocycles. The fraction of sp³-hybridized carbons (Fsp3) is 0.500. The standard InChI is InChI=1S/C18H22N4OS/c1-13-3-2-5-19-15(13)9-22-6-4-18(11-22)7-14(8-18)21-17(23)16-10-24-12-20-16/h2-3,5,10,12,14H,4,6-9,11H2,1H3,(H,21,23). The van der Waals surface area contributed by atoms with E-state index in [-0.39, 0.29) is 5.91 Å². The van der Waals surface area contributed by atoms with E-state index in [0.717, 1.165) is 32.5 Å². The molecule has 0 bridgehead atoms. The topological polar surface area (TPSA) is 58.1 Å². The van der Waals surface area contributed by atoms with Crippen molar-refractivity contribution in [2.45, 2.75) is 38.8 Å². The lowest BCUT2D eigenvalue weighted by Gasteiger charge is -2.45. The van der Waals surface area contributed by atoms with Gasteiger partial charge in [-0.15, -0.1) is 11.3 Å². The molecule has 3 heterocycles. The molecule has 1 N–H and O–H groups in total. The van der Waals surface area contributed by atoms with E-state index >= 15 is 0 Å². The first kappa shape index (κ1) is 15.7. The molecule has 24 heavy (non-hydrogen) atoms. The van der Waals surface area contributed by atoms with Crippen LogP contribution in [0.2, 0.25) is 0 Å². The zero-order valence-electron chi connectivity index (χ0n) is 13.9. The van der Waals surface area contributed by atoms with Crippen LogP contribution in [0.1, 0.15) is 41.0 Å². The molecule has 1 aliphatic heterocycles. The first-order valence-electron chi connectivity index (χ1n) is 8.45. The zero-order valence-corrected chi connectivity index (χ0v) is 14.7. The molecule has 6 heteroatoms. The van der Waals surface area contributed by atoms with Gasteiger partial charge in [-0.05, 0) is 49.8 Å². The summed E-state index contributed by atoms with van der Waals surface area (Å²) in [6, 6.07) is 4.42. The Morgan fingerprint density at radius 3 is 3.08 bits per heavy atom. The molecule has 0 radical (unpaired) electrons. The molecule has 2 fully saturated rings. The monoisotopic (exact) mass is 342 g/mol. The largest absolute Gasteiger partial charge is 0.348 e. The van der Waals surface area contributed by atoms with E-state index in [2.05, 4.69) is 33.2 Å². The van der Waals surface area contributed by atoms with Gasteiger partial charge >= 0.3 is 0 Å². The maximum absolute atomic E-state index is 12.1. The van der Waals surface area contributed by atoms with Crippen molar-refractivity contribution in [1.82, 2.24) is 20.2 Å². The smallest absolute Gasteiger partial charge is 0.270 e. The molecule has 4 rings (SSSR count). The third-order valence-corrected chi connectivity index (χ3v) is 5.95. The van der Waals surface area contributed by atoms with Crippen molar-refractivity contribution in [3.63, 3.8) is 0 Å². The Bertz CT molecular complexity index is 724. The quantitative estimate of drug-likeness (QED) is 0.928. The van der Waals surface area contributed by atoms with Crippen LogP contribution in [0.3, 0.4) is 0 Å². The van der Waals surface area contributed by atoms with Crippen LogP contribution in [-0.4, -0.2) is 39.9 Å². The summed E-state index contributed by atoms with van der Waals surface area (Å²) in [6.07, 6.45) is 5.27. The molecule has 1 saturated heterocycles. The average molecular weight is 342 g/mol. The van der Waals surface area contributed by atoms with Gasteiger partial charge in [-0.3, -0.25) is 14.7 Å². The number of amides is 1. The number of nitrogens with zero attached hydrogens (tertiary/aromatic N) is 3. The minimum Gasteiger partial charge on any atom is -0.348 e. The van der Waals surface area contributed by atoms with E-state index in [0.29, 0.717) is 17.2 Å². The SMILES string of the molecule is Cc1cccnc1CN1CCC2(CC(NC(=O)c3cscn3)C2)C1. The van der Waals surface area contributed by atoms with E-state index in [4.69, 9.17) is 0 Å². The molecule has 5 nitrogen and oxygen atoms in total. The number of carbonyl (C=O) groups is 1. The van der Waals surface area contributed by atoms with Gasteiger partial charge in [0.2, 0.25) is 0 Å². The van der Waals surface area contributed by atoms with Gasteiger partial charge < -0.3 is 5.32 Å². The van der Waals surface area contributed by atoms with Gasteiger partial charge in [-0.25, -0.2) is 4.98 Å². The van der Waals surface area contributed by atoms with Crippen LogP contribution in [0.4, 0.5) is 0 Å². The van der Waals surface area contributed by atoms with Crippen molar-refractivity contribution in [3.05, 3.63) is 46.2 Å². The Labute approximate surface area is 146 Å². The summed E-state index contributed by atoms with van der Waals surface area (Å²) in [5.41, 5.74) is 5.08. The van der Waals surface area contributed by atoms with Crippen molar-refractivity contribution < 1.29 is 4.79 Å². The van der Waals surface area contributed by atoms with Crippen LogP contribution >= 0.6 is 11.3 Å². The number of aryl methyl sites for hydroxylation is 1. The van der Waals surface area contributed by atoms with E-state index in [9.17, 15) is 4.79 Å². The molecule has 1 aliphatic carbocycles. The normalized spacial score (nSPS) is 26.5. The van der Waals surface area contributed by atoms with Crippen LogP contribution < -0.4 is 5.32 Å². The van der Waals surface area contributed by atoms with Crippen LogP contribution in [-0.2, 0) is 6.54 Å². The highest BCUT2D eigenvalue weighted by Gasteiger charge is 2.48. The zero-order chi connectivity index (χ0) is 16.6. The lowest BCUT2D eigenvalue weighted by Crippen LogP contribution is -2.51. The third-order valence-electron chi connectivity index (χ3n) is 5.37. The van der Waals surface area contributed by atoms with Crippen LogP contribution in [0, 0.1) is 12.3 Å². The number of pyridine rings is 1. The summed E-state index contributed by atoms with van der Waals surface area (Å²) < 4.78 is 0. The molecule has 0 atom stereocenters. The Hall–Kier alpha value is -1.79. The van der Waals surface area contributed by atoms with Crippen molar-refractivity contribution in [1.29, 1.82) is 0 Å². The van der Waals surface area contributed by atoms with Gasteiger partial charge in [0.05, 0.1) is 11.2 Å². The Morgan fingerprint density at radius 1 is 1.46 bits per heavy atom. The lowest BCUT2D eigenvalue weighted by atomic mass is 9.65. The van der Waals surface area contributed by atoms with Crippen molar-refractivity contribution in [2.75, 3.05) is 13.1 Å². The summed E-state index contributed by atoms with van der Waals surface area (Å²) >= 11 is 1.46. The van der Waals surface area contributed by atoms with Crippen LogP contribution in [0.25, 0.3) is 0 Å². The minimum atomic E-state index is -0.0323. The second-order valence-electron chi connectivity index (χ2n) is 7.18. The van der Waals surface area contributed by atoms with Gasteiger partial charge in [0.15, 0.2) is 0 Å². The third kappa shape index (κ3) is 3.08. The van der Waals surface area contributed by atoms with Gasteiger partial charge in [-0.1, -0.05) is 6.07 Å². The molecular formula is C18H22N4OS. The number of hydrogen-bond donors (Lipinski definition) is 1. The second kappa shape index (κ2) is 6.26. The molecule has 0 unspecified atom stereocenters. The number of likely N-dealkylation sites (tertiary alicyclic amines) is 1. The summed E-state index contributed by atoms with van der Waals surface area (Å²) in [6.45, 7) is 5.31. The summed E-state index contributed by atoms with van der Waals surface area (Å²) in [7, 11) is 0. The molecule has 126 valence electrons. The predicted octanol–water partition coefficient (Wildman–Crippen LogP) is 2.63. The van der Waals surface area contributed by atoms with E-state index < -0.39 is 0 Å². The first-order chi connectivity index (χ1) is 11.6. The van der Waals surface area contributed by atoms with E-state index in [1.807, 2.05) is 12.3 Å². The van der Waals surface area contributed by atoms with Gasteiger partial charge in [-0.2, -0.15) is 0 Å². The van der Waals surface area contributed by atoms with Gasteiger partial charge in [0, 0.05) is 30.7 Å². The minimum absolute atomic E-state index is 0.0323. The molecule has 2 aliphatic rings. The van der Waals surface area contributed by atoms with E-state index in [1.165, 1.54) is 29.0 Å². The fourth-order valence-corrected chi connectivity index (χ4v) is 4.60. The number of rotatable bonds is 4. The van der Waals surface area contributed by atoms with Gasteiger partial charge in [0.25, 0.3) is 5.91 Å². The highest BCUT2D eigenvalue weighted by atomic mass is 32.1. The summed E-state index contributed by atoms with van der Waals surface area (Å²) in [5, 5.41) is 4.92. The number of aromatic nitrogens is 2. The molecular weight excluding hydrogens is 320 g/mol. The number of thiazole rings is 1. The van der Waals surface area contributed by atoms with Crippen molar-refractivity contribution in [3.8, 4) is 0 Å². The van der Waals surface area contributed by atoms with E-state index in [1.54, 1.807) is 10.9 Å².